The molecule has 0 bridgehead atoms. The molecule has 0 heterocycles. The van der Waals surface area contributed by atoms with Gasteiger partial charge in [-0.15, -0.1) is 0 Å². The number of anilines is 1. The summed E-state index contributed by atoms with van der Waals surface area (Å²) >= 11 is 3.33. The van der Waals surface area contributed by atoms with Gasteiger partial charge in [0, 0.05) is 28.3 Å². The Morgan fingerprint density at radius 2 is 1.81 bits per heavy atom. The molecule has 2 N–H and O–H groups in total. The Hall–Kier alpha value is -2.14. The summed E-state index contributed by atoms with van der Waals surface area (Å²) in [4.78, 5) is 23.5. The number of aliphatic carboxylic acids is 1. The lowest BCUT2D eigenvalue weighted by molar-refractivity contribution is -0.136. The van der Waals surface area contributed by atoms with Gasteiger partial charge in [0.1, 0.15) is 0 Å². The number of carbonyl (C=O) groups is 2. The smallest absolute Gasteiger partial charge is 0.307 e. The van der Waals surface area contributed by atoms with Crippen LogP contribution in [0.15, 0.2) is 46.9 Å². The number of carboxylic acid groups (broad SMARTS) is 1. The van der Waals surface area contributed by atoms with E-state index >= 15 is 0 Å². The highest BCUT2D eigenvalue weighted by Gasteiger charge is 2.16. The van der Waals surface area contributed by atoms with Crippen LogP contribution in [0.4, 0.5) is 5.69 Å². The van der Waals surface area contributed by atoms with Crippen LogP contribution in [0, 0.1) is 0 Å². The van der Waals surface area contributed by atoms with Crippen LogP contribution in [0.3, 0.4) is 0 Å². The van der Waals surface area contributed by atoms with E-state index in [9.17, 15) is 9.59 Å². The quantitative estimate of drug-likeness (QED) is 0.814. The minimum Gasteiger partial charge on any atom is -0.481 e. The Labute approximate surface area is 130 Å². The van der Waals surface area contributed by atoms with Gasteiger partial charge < -0.3 is 10.4 Å². The molecule has 0 saturated carbocycles. The Morgan fingerprint density at radius 1 is 1.14 bits per heavy atom. The zero-order valence-corrected chi connectivity index (χ0v) is 13.0. The van der Waals surface area contributed by atoms with Crippen LogP contribution in [0.2, 0.25) is 0 Å². The van der Waals surface area contributed by atoms with Crippen LogP contribution in [-0.4, -0.2) is 23.9 Å². The maximum absolute atomic E-state index is 12.6. The number of ketones is 1. The van der Waals surface area contributed by atoms with Gasteiger partial charge in [-0.25, -0.2) is 0 Å². The number of carboxylic acids is 1. The van der Waals surface area contributed by atoms with Gasteiger partial charge in [-0.05, 0) is 35.9 Å². The molecule has 0 aliphatic rings. The summed E-state index contributed by atoms with van der Waals surface area (Å²) in [5.41, 5.74) is 2.18. The van der Waals surface area contributed by atoms with Crippen molar-refractivity contribution in [3.63, 3.8) is 0 Å². The van der Waals surface area contributed by atoms with E-state index in [1.807, 2.05) is 0 Å². The molecule has 0 aliphatic heterocycles. The fraction of sp³-hybridized carbons (Fsp3) is 0.125. The summed E-state index contributed by atoms with van der Waals surface area (Å²) in [6.45, 7) is 0. The number of hydrogen-bond acceptors (Lipinski definition) is 3. The molecule has 2 aromatic rings. The predicted octanol–water partition coefficient (Wildman–Crippen LogP) is 3.35. The Balaban J connectivity index is 2.45. The van der Waals surface area contributed by atoms with Crippen molar-refractivity contribution in [2.75, 3.05) is 12.4 Å². The average molecular weight is 348 g/mol. The van der Waals surface area contributed by atoms with E-state index in [0.717, 1.165) is 4.47 Å². The van der Waals surface area contributed by atoms with Crippen molar-refractivity contribution < 1.29 is 14.7 Å². The molecule has 0 aromatic heterocycles. The molecular formula is C16H14BrNO3. The number of para-hydroxylation sites is 1. The maximum Gasteiger partial charge on any atom is 0.307 e. The summed E-state index contributed by atoms with van der Waals surface area (Å²) in [5.74, 6) is -1.07. The second-order valence-corrected chi connectivity index (χ2v) is 5.41. The highest BCUT2D eigenvalue weighted by molar-refractivity contribution is 9.10. The van der Waals surface area contributed by atoms with Crippen molar-refractivity contribution in [2.45, 2.75) is 6.42 Å². The molecule has 0 aliphatic carbocycles. The molecule has 2 aromatic carbocycles. The van der Waals surface area contributed by atoms with Gasteiger partial charge in [-0.2, -0.15) is 0 Å². The van der Waals surface area contributed by atoms with Gasteiger partial charge in [0.2, 0.25) is 0 Å². The molecule has 0 fully saturated rings. The monoisotopic (exact) mass is 347 g/mol. The Bertz CT molecular complexity index is 680. The lowest BCUT2D eigenvalue weighted by Crippen LogP contribution is -2.10. The fourth-order valence-corrected chi connectivity index (χ4v) is 2.42. The van der Waals surface area contributed by atoms with Crippen molar-refractivity contribution in [3.05, 3.63) is 63.6 Å². The van der Waals surface area contributed by atoms with Gasteiger partial charge in [0.25, 0.3) is 0 Å². The third kappa shape index (κ3) is 3.49. The van der Waals surface area contributed by atoms with E-state index in [1.165, 1.54) is 0 Å². The highest BCUT2D eigenvalue weighted by Crippen LogP contribution is 2.24. The van der Waals surface area contributed by atoms with Crippen molar-refractivity contribution in [2.24, 2.45) is 0 Å². The number of halogens is 1. The van der Waals surface area contributed by atoms with Crippen LogP contribution >= 0.6 is 15.9 Å². The van der Waals surface area contributed by atoms with E-state index in [0.29, 0.717) is 22.4 Å². The topological polar surface area (TPSA) is 66.4 Å². The van der Waals surface area contributed by atoms with Gasteiger partial charge in [0.15, 0.2) is 5.78 Å². The van der Waals surface area contributed by atoms with Crippen molar-refractivity contribution in [3.8, 4) is 0 Å². The Morgan fingerprint density at radius 3 is 2.38 bits per heavy atom. The first-order valence-electron chi connectivity index (χ1n) is 6.34. The first kappa shape index (κ1) is 15.3. The molecule has 0 saturated heterocycles. The van der Waals surface area contributed by atoms with Gasteiger partial charge in [-0.3, -0.25) is 9.59 Å². The van der Waals surface area contributed by atoms with E-state index in [-0.39, 0.29) is 12.2 Å². The maximum atomic E-state index is 12.6. The lowest BCUT2D eigenvalue weighted by Gasteiger charge is -2.12. The second kappa shape index (κ2) is 6.54. The molecule has 0 spiro atoms. The molecule has 5 heteroatoms. The van der Waals surface area contributed by atoms with Gasteiger partial charge in [0.05, 0.1) is 6.42 Å². The molecule has 2 rings (SSSR count). The van der Waals surface area contributed by atoms with E-state index in [2.05, 4.69) is 21.2 Å². The molecule has 0 atom stereocenters. The molecule has 0 amide bonds. The third-order valence-corrected chi connectivity index (χ3v) is 3.62. The summed E-state index contributed by atoms with van der Waals surface area (Å²) in [6.07, 6.45) is -0.127. The van der Waals surface area contributed by atoms with Crippen LogP contribution in [0.1, 0.15) is 21.5 Å². The number of nitrogens with one attached hydrogen (secondary N) is 1. The van der Waals surface area contributed by atoms with Crippen molar-refractivity contribution >= 4 is 33.4 Å². The second-order valence-electron chi connectivity index (χ2n) is 4.50. The minimum atomic E-state index is -0.931. The Kier molecular flexibility index (Phi) is 4.75. The average Bonchev–Trinajstić information content (AvgIpc) is 2.46. The first-order chi connectivity index (χ1) is 10.0. The molecule has 0 unspecified atom stereocenters. The lowest BCUT2D eigenvalue weighted by atomic mass is 9.97. The number of rotatable bonds is 5. The van der Waals surface area contributed by atoms with Crippen molar-refractivity contribution in [1.29, 1.82) is 0 Å². The normalized spacial score (nSPS) is 10.2. The van der Waals surface area contributed by atoms with E-state index in [1.54, 1.807) is 49.5 Å². The molecule has 0 radical (unpaired) electrons. The first-order valence-corrected chi connectivity index (χ1v) is 7.14. The summed E-state index contributed by atoms with van der Waals surface area (Å²) in [5, 5.41) is 11.9. The van der Waals surface area contributed by atoms with Gasteiger partial charge in [-0.1, -0.05) is 28.1 Å². The summed E-state index contributed by atoms with van der Waals surface area (Å²) in [6, 6.07) is 12.2. The van der Waals surface area contributed by atoms with Crippen LogP contribution in [-0.2, 0) is 11.2 Å². The number of benzene rings is 2. The minimum absolute atomic E-state index is 0.127. The van der Waals surface area contributed by atoms with Crippen molar-refractivity contribution in [1.82, 2.24) is 0 Å². The molecular weight excluding hydrogens is 334 g/mol. The zero-order chi connectivity index (χ0) is 15.4. The predicted molar refractivity (Wildman–Crippen MR) is 84.9 cm³/mol. The van der Waals surface area contributed by atoms with Crippen LogP contribution in [0.25, 0.3) is 0 Å². The summed E-state index contributed by atoms with van der Waals surface area (Å²) in [7, 11) is 1.68. The fourth-order valence-electron chi connectivity index (χ4n) is 2.15. The standard InChI is InChI=1S/C16H14BrNO3/c1-18-15-11(9-14(19)20)3-2-4-13(15)16(21)10-5-7-12(17)8-6-10/h2-8,18H,9H2,1H3,(H,19,20). The van der Waals surface area contributed by atoms with Crippen LogP contribution < -0.4 is 5.32 Å². The number of hydrogen-bond donors (Lipinski definition) is 2. The number of carbonyl (C=O) groups excluding carboxylic acids is 1. The van der Waals surface area contributed by atoms with Crippen LogP contribution in [0.5, 0.6) is 0 Å². The SMILES string of the molecule is CNc1c(CC(=O)O)cccc1C(=O)c1ccc(Br)cc1. The third-order valence-electron chi connectivity index (χ3n) is 3.09. The highest BCUT2D eigenvalue weighted by atomic mass is 79.9. The molecule has 108 valence electrons. The van der Waals surface area contributed by atoms with E-state index < -0.39 is 5.97 Å². The van der Waals surface area contributed by atoms with Gasteiger partial charge >= 0.3 is 5.97 Å². The largest absolute Gasteiger partial charge is 0.481 e. The molecule has 21 heavy (non-hydrogen) atoms. The summed E-state index contributed by atoms with van der Waals surface area (Å²) < 4.78 is 0.896. The zero-order valence-electron chi connectivity index (χ0n) is 11.4. The van der Waals surface area contributed by atoms with E-state index in [4.69, 9.17) is 5.11 Å². The molecule has 4 nitrogen and oxygen atoms in total.